The van der Waals surface area contributed by atoms with Crippen molar-refractivity contribution in [2.45, 2.75) is 63.6 Å². The second-order valence-electron chi connectivity index (χ2n) is 8.86. The largest absolute Gasteiger partial charge is 0.335 e. The number of piperazine rings is 1. The van der Waals surface area contributed by atoms with Crippen LogP contribution in [0.25, 0.3) is 0 Å². The molecule has 0 bridgehead atoms. The Morgan fingerprint density at radius 2 is 1.71 bits per heavy atom. The molecular formula is C23H31FN4O3. The van der Waals surface area contributed by atoms with Crippen molar-refractivity contribution in [1.82, 2.24) is 20.0 Å². The number of rotatable bonds is 4. The monoisotopic (exact) mass is 430 g/mol. The lowest BCUT2D eigenvalue weighted by molar-refractivity contribution is -0.158. The van der Waals surface area contributed by atoms with E-state index in [9.17, 15) is 18.8 Å². The number of piperidine rings is 1. The van der Waals surface area contributed by atoms with Crippen LogP contribution in [0.1, 0.15) is 50.5 Å². The molecule has 2 heterocycles. The fraction of sp³-hybridized carbons (Fsp3) is 0.609. The van der Waals surface area contributed by atoms with Crippen LogP contribution in [0.15, 0.2) is 24.3 Å². The first-order chi connectivity index (χ1) is 15.0. The van der Waals surface area contributed by atoms with Gasteiger partial charge >= 0.3 is 17.8 Å². The number of nitrogens with one attached hydrogen (secondary N) is 1. The van der Waals surface area contributed by atoms with Gasteiger partial charge in [0.2, 0.25) is 0 Å². The molecule has 0 atom stereocenters. The van der Waals surface area contributed by atoms with Crippen LogP contribution in [-0.2, 0) is 16.1 Å². The van der Waals surface area contributed by atoms with Gasteiger partial charge in [0.05, 0.1) is 0 Å². The Bertz CT molecular complexity index is 819. The number of nitrogens with zero attached hydrogens (tertiary/aromatic N) is 3. The summed E-state index contributed by atoms with van der Waals surface area (Å²) >= 11 is 0. The van der Waals surface area contributed by atoms with Gasteiger partial charge in [-0.05, 0) is 43.4 Å². The Hall–Kier alpha value is -2.64. The highest BCUT2D eigenvalue weighted by atomic mass is 19.1. The summed E-state index contributed by atoms with van der Waals surface area (Å²) in [6.45, 7) is 2.32. The van der Waals surface area contributed by atoms with Crippen LogP contribution in [0.3, 0.4) is 0 Å². The third kappa shape index (κ3) is 5.17. The Morgan fingerprint density at radius 3 is 2.42 bits per heavy atom. The summed E-state index contributed by atoms with van der Waals surface area (Å²) in [4.78, 5) is 42.9. The van der Waals surface area contributed by atoms with E-state index < -0.39 is 11.8 Å². The standard InChI is InChI=1S/C23H31FN4O3/c24-18-6-4-5-17(15-18)16-27-13-14-28(22(30)21(27)29)20-9-11-26(12-10-20)23(31)25-19-7-2-1-3-8-19/h4-6,15,19-20H,1-3,7-14,16H2,(H,25,31). The summed E-state index contributed by atoms with van der Waals surface area (Å²) in [7, 11) is 0. The molecule has 4 rings (SSSR count). The molecule has 31 heavy (non-hydrogen) atoms. The van der Waals surface area contributed by atoms with E-state index in [2.05, 4.69) is 5.32 Å². The fourth-order valence-corrected chi connectivity index (χ4v) is 4.94. The number of likely N-dealkylation sites (tertiary alicyclic amines) is 1. The van der Waals surface area contributed by atoms with Crippen LogP contribution < -0.4 is 5.32 Å². The molecule has 1 aromatic carbocycles. The maximum absolute atomic E-state index is 13.4. The molecule has 4 amide bonds. The molecular weight excluding hydrogens is 399 g/mol. The molecule has 0 unspecified atom stereocenters. The van der Waals surface area contributed by atoms with E-state index in [1.165, 1.54) is 36.3 Å². The zero-order valence-corrected chi connectivity index (χ0v) is 17.9. The maximum Gasteiger partial charge on any atom is 0.317 e. The molecule has 8 heteroatoms. The minimum atomic E-state index is -0.534. The number of benzene rings is 1. The summed E-state index contributed by atoms with van der Waals surface area (Å²) < 4.78 is 13.4. The molecule has 1 aromatic rings. The number of hydrogen-bond acceptors (Lipinski definition) is 3. The van der Waals surface area contributed by atoms with Crippen molar-refractivity contribution < 1.29 is 18.8 Å². The highest BCUT2D eigenvalue weighted by molar-refractivity contribution is 6.35. The highest BCUT2D eigenvalue weighted by Crippen LogP contribution is 2.22. The minimum absolute atomic E-state index is 0.00679. The predicted octanol–water partition coefficient (Wildman–Crippen LogP) is 2.50. The predicted molar refractivity (Wildman–Crippen MR) is 114 cm³/mol. The number of amides is 4. The second-order valence-corrected chi connectivity index (χ2v) is 8.86. The van der Waals surface area contributed by atoms with Crippen molar-refractivity contribution in [3.63, 3.8) is 0 Å². The number of urea groups is 1. The van der Waals surface area contributed by atoms with Crippen LogP contribution in [0.5, 0.6) is 0 Å². The van der Waals surface area contributed by atoms with Gasteiger partial charge in [0.15, 0.2) is 0 Å². The summed E-state index contributed by atoms with van der Waals surface area (Å²) in [6, 6.07) is 6.35. The molecule has 0 radical (unpaired) electrons. The summed E-state index contributed by atoms with van der Waals surface area (Å²) in [5.74, 6) is -1.38. The van der Waals surface area contributed by atoms with Gasteiger partial charge in [0.1, 0.15) is 5.82 Å². The van der Waals surface area contributed by atoms with E-state index in [1.807, 2.05) is 4.90 Å². The van der Waals surface area contributed by atoms with Gasteiger partial charge in [-0.3, -0.25) is 9.59 Å². The SMILES string of the molecule is O=C(NC1CCCCC1)N1CCC(N2CCN(Cc3cccc(F)c3)C(=O)C2=O)CC1. The van der Waals surface area contributed by atoms with Crippen LogP contribution in [0, 0.1) is 5.82 Å². The van der Waals surface area contributed by atoms with Crippen molar-refractivity contribution in [2.75, 3.05) is 26.2 Å². The molecule has 2 aliphatic heterocycles. The molecule has 168 valence electrons. The van der Waals surface area contributed by atoms with Gasteiger partial charge in [0.25, 0.3) is 0 Å². The Labute approximate surface area is 182 Å². The first kappa shape index (κ1) is 21.6. The average molecular weight is 431 g/mol. The lowest BCUT2D eigenvalue weighted by atomic mass is 9.95. The van der Waals surface area contributed by atoms with Crippen molar-refractivity contribution >= 4 is 17.8 Å². The highest BCUT2D eigenvalue weighted by Gasteiger charge is 2.38. The second kappa shape index (κ2) is 9.66. The quantitative estimate of drug-likeness (QED) is 0.746. The van der Waals surface area contributed by atoms with Crippen LogP contribution in [0.2, 0.25) is 0 Å². The van der Waals surface area contributed by atoms with E-state index >= 15 is 0 Å². The summed E-state index contributed by atoms with van der Waals surface area (Å²) in [5.41, 5.74) is 0.673. The van der Waals surface area contributed by atoms with Gasteiger partial charge in [-0.2, -0.15) is 0 Å². The van der Waals surface area contributed by atoms with Crippen LogP contribution in [0.4, 0.5) is 9.18 Å². The van der Waals surface area contributed by atoms with Crippen molar-refractivity contribution in [3.05, 3.63) is 35.6 Å². The van der Waals surface area contributed by atoms with E-state index in [0.29, 0.717) is 44.6 Å². The molecule has 1 aliphatic carbocycles. The number of halogens is 1. The Balaban J connectivity index is 1.27. The topological polar surface area (TPSA) is 73.0 Å². The summed E-state index contributed by atoms with van der Waals surface area (Å²) in [6.07, 6.45) is 7.07. The van der Waals surface area contributed by atoms with E-state index in [0.717, 1.165) is 12.8 Å². The molecule has 0 spiro atoms. The average Bonchev–Trinajstić information content (AvgIpc) is 2.78. The number of hydrogen-bond donors (Lipinski definition) is 1. The maximum atomic E-state index is 13.4. The first-order valence-electron chi connectivity index (χ1n) is 11.4. The third-order valence-corrected chi connectivity index (χ3v) is 6.73. The molecule has 3 fully saturated rings. The molecule has 2 saturated heterocycles. The number of carbonyl (C=O) groups is 3. The number of carbonyl (C=O) groups excluding carboxylic acids is 3. The van der Waals surface area contributed by atoms with Gasteiger partial charge in [0, 0.05) is 44.8 Å². The fourth-order valence-electron chi connectivity index (χ4n) is 4.94. The lowest BCUT2D eigenvalue weighted by Gasteiger charge is -2.42. The van der Waals surface area contributed by atoms with E-state index in [4.69, 9.17) is 0 Å². The summed E-state index contributed by atoms with van der Waals surface area (Å²) in [5, 5.41) is 3.15. The van der Waals surface area contributed by atoms with Crippen LogP contribution in [-0.4, -0.2) is 70.8 Å². The normalized spacial score (nSPS) is 21.5. The Kier molecular flexibility index (Phi) is 6.73. The zero-order chi connectivity index (χ0) is 21.8. The molecule has 1 saturated carbocycles. The Morgan fingerprint density at radius 1 is 0.968 bits per heavy atom. The van der Waals surface area contributed by atoms with Gasteiger partial charge in [-0.15, -0.1) is 0 Å². The minimum Gasteiger partial charge on any atom is -0.335 e. The molecule has 7 nitrogen and oxygen atoms in total. The molecule has 0 aromatic heterocycles. The van der Waals surface area contributed by atoms with E-state index in [-0.39, 0.29) is 30.5 Å². The third-order valence-electron chi connectivity index (χ3n) is 6.73. The molecule has 3 aliphatic rings. The van der Waals surface area contributed by atoms with Gasteiger partial charge < -0.3 is 20.0 Å². The first-order valence-corrected chi connectivity index (χ1v) is 11.4. The van der Waals surface area contributed by atoms with Gasteiger partial charge in [-0.25, -0.2) is 9.18 Å². The smallest absolute Gasteiger partial charge is 0.317 e. The van der Waals surface area contributed by atoms with Crippen molar-refractivity contribution in [3.8, 4) is 0 Å². The van der Waals surface area contributed by atoms with Crippen molar-refractivity contribution in [1.29, 1.82) is 0 Å². The molecule has 1 N–H and O–H groups in total. The van der Waals surface area contributed by atoms with E-state index in [1.54, 1.807) is 17.0 Å². The van der Waals surface area contributed by atoms with Gasteiger partial charge in [-0.1, -0.05) is 31.4 Å². The van der Waals surface area contributed by atoms with Crippen molar-refractivity contribution in [2.24, 2.45) is 0 Å². The zero-order valence-electron chi connectivity index (χ0n) is 17.9. The van der Waals surface area contributed by atoms with Crippen LogP contribution >= 0.6 is 0 Å². The lowest BCUT2D eigenvalue weighted by Crippen LogP contribution is -2.59.